The highest BCUT2D eigenvalue weighted by Gasteiger charge is 2.40. The van der Waals surface area contributed by atoms with E-state index in [9.17, 15) is 0 Å². The van der Waals surface area contributed by atoms with E-state index < -0.39 is 5.91 Å². The van der Waals surface area contributed by atoms with Gasteiger partial charge in [-0.3, -0.25) is 0 Å². The molecule has 1 aliphatic carbocycles. The lowest BCUT2D eigenvalue weighted by Crippen LogP contribution is -2.42. The van der Waals surface area contributed by atoms with Crippen LogP contribution in [0.5, 0.6) is 0 Å². The summed E-state index contributed by atoms with van der Waals surface area (Å²) in [6, 6.07) is 0. The SMILES string of the molecule is COC1(OC)CC2C=CC=CC2C(C)=N1. The molecular weight excluding hydrogens is 190 g/mol. The minimum Gasteiger partial charge on any atom is -0.335 e. The standard InChI is InChI=1S/C12H17NO2/c1-9-11-7-5-4-6-10(11)8-12(13-9,14-2)15-3/h4-7,10-11H,8H2,1-3H3. The highest BCUT2D eigenvalue weighted by atomic mass is 16.7. The molecule has 15 heavy (non-hydrogen) atoms. The molecule has 0 spiro atoms. The molecule has 0 aromatic rings. The number of nitrogens with zero attached hydrogens (tertiary/aromatic N) is 1. The smallest absolute Gasteiger partial charge is 0.269 e. The second-order valence-corrected chi connectivity index (χ2v) is 4.04. The number of aliphatic imine (C=N–C) groups is 1. The van der Waals surface area contributed by atoms with Gasteiger partial charge in [0.15, 0.2) is 0 Å². The maximum absolute atomic E-state index is 5.38. The largest absolute Gasteiger partial charge is 0.335 e. The Kier molecular flexibility index (Phi) is 2.76. The molecule has 3 nitrogen and oxygen atoms in total. The molecule has 2 atom stereocenters. The van der Waals surface area contributed by atoms with Crippen molar-refractivity contribution in [2.45, 2.75) is 19.3 Å². The topological polar surface area (TPSA) is 30.8 Å². The summed E-state index contributed by atoms with van der Waals surface area (Å²) in [6.45, 7) is 2.03. The van der Waals surface area contributed by atoms with Crippen LogP contribution in [0, 0.1) is 11.8 Å². The number of ether oxygens (including phenoxy) is 2. The van der Waals surface area contributed by atoms with E-state index in [2.05, 4.69) is 29.3 Å². The molecule has 2 aliphatic rings. The zero-order valence-corrected chi connectivity index (χ0v) is 9.43. The Balaban J connectivity index is 2.32. The summed E-state index contributed by atoms with van der Waals surface area (Å²) in [5, 5.41) is 0. The molecule has 0 saturated carbocycles. The van der Waals surface area contributed by atoms with E-state index in [4.69, 9.17) is 9.47 Å². The van der Waals surface area contributed by atoms with E-state index >= 15 is 0 Å². The first-order valence-corrected chi connectivity index (χ1v) is 5.22. The van der Waals surface area contributed by atoms with Crippen LogP contribution in [0.2, 0.25) is 0 Å². The zero-order valence-electron chi connectivity index (χ0n) is 9.43. The van der Waals surface area contributed by atoms with Crippen LogP contribution in [0.1, 0.15) is 13.3 Å². The van der Waals surface area contributed by atoms with Gasteiger partial charge in [0.1, 0.15) is 0 Å². The molecule has 0 radical (unpaired) electrons. The summed E-state index contributed by atoms with van der Waals surface area (Å²) in [4.78, 5) is 4.52. The van der Waals surface area contributed by atoms with Gasteiger partial charge < -0.3 is 9.47 Å². The summed E-state index contributed by atoms with van der Waals surface area (Å²) >= 11 is 0. The van der Waals surface area contributed by atoms with Gasteiger partial charge in [-0.1, -0.05) is 24.3 Å². The molecule has 0 aromatic heterocycles. The average molecular weight is 207 g/mol. The normalized spacial score (nSPS) is 32.3. The van der Waals surface area contributed by atoms with Crippen molar-refractivity contribution < 1.29 is 9.47 Å². The van der Waals surface area contributed by atoms with E-state index in [-0.39, 0.29) is 0 Å². The van der Waals surface area contributed by atoms with Gasteiger partial charge >= 0.3 is 0 Å². The van der Waals surface area contributed by atoms with Crippen LogP contribution in [0.25, 0.3) is 0 Å². The highest BCUT2D eigenvalue weighted by molar-refractivity contribution is 5.87. The molecule has 0 saturated heterocycles. The lowest BCUT2D eigenvalue weighted by atomic mass is 9.80. The maximum atomic E-state index is 5.38. The molecule has 1 heterocycles. The van der Waals surface area contributed by atoms with Gasteiger partial charge in [-0.15, -0.1) is 0 Å². The number of hydrogen-bond donors (Lipinski definition) is 0. The Morgan fingerprint density at radius 2 is 1.93 bits per heavy atom. The lowest BCUT2D eigenvalue weighted by Gasteiger charge is -2.38. The Morgan fingerprint density at radius 3 is 2.60 bits per heavy atom. The summed E-state index contributed by atoms with van der Waals surface area (Å²) in [5.41, 5.74) is 1.08. The summed E-state index contributed by atoms with van der Waals surface area (Å²) in [7, 11) is 3.28. The predicted molar refractivity (Wildman–Crippen MR) is 59.7 cm³/mol. The maximum Gasteiger partial charge on any atom is 0.269 e. The van der Waals surface area contributed by atoms with E-state index in [0.29, 0.717) is 11.8 Å². The van der Waals surface area contributed by atoms with Crippen molar-refractivity contribution in [3.63, 3.8) is 0 Å². The Labute approximate surface area is 90.5 Å². The molecule has 3 heteroatoms. The third-order valence-electron chi connectivity index (χ3n) is 3.21. The van der Waals surface area contributed by atoms with Crippen molar-refractivity contribution in [1.82, 2.24) is 0 Å². The first kappa shape index (κ1) is 10.6. The van der Waals surface area contributed by atoms with Gasteiger partial charge in [0.05, 0.1) is 0 Å². The number of hydrogen-bond acceptors (Lipinski definition) is 3. The van der Waals surface area contributed by atoms with Crippen LogP contribution >= 0.6 is 0 Å². The molecule has 0 bridgehead atoms. The number of fused-ring (bicyclic) bond motifs is 1. The van der Waals surface area contributed by atoms with Gasteiger partial charge in [0.25, 0.3) is 5.91 Å². The lowest BCUT2D eigenvalue weighted by molar-refractivity contribution is -0.212. The second kappa shape index (κ2) is 3.91. The Morgan fingerprint density at radius 1 is 1.27 bits per heavy atom. The molecule has 0 N–H and O–H groups in total. The second-order valence-electron chi connectivity index (χ2n) is 4.04. The van der Waals surface area contributed by atoms with Crippen LogP contribution in [-0.4, -0.2) is 25.8 Å². The monoisotopic (exact) mass is 207 g/mol. The number of methoxy groups -OCH3 is 2. The van der Waals surface area contributed by atoms with Crippen LogP contribution < -0.4 is 0 Å². The van der Waals surface area contributed by atoms with E-state index in [0.717, 1.165) is 12.1 Å². The molecule has 0 aromatic carbocycles. The van der Waals surface area contributed by atoms with Crippen molar-refractivity contribution in [3.05, 3.63) is 24.3 Å². The predicted octanol–water partition coefficient (Wildman–Crippen LogP) is 2.16. The van der Waals surface area contributed by atoms with Crippen molar-refractivity contribution in [3.8, 4) is 0 Å². The molecule has 82 valence electrons. The molecule has 2 rings (SSSR count). The van der Waals surface area contributed by atoms with Crippen molar-refractivity contribution >= 4 is 5.71 Å². The fourth-order valence-corrected chi connectivity index (χ4v) is 2.33. The zero-order chi connectivity index (χ0) is 10.9. The Hall–Kier alpha value is -0.930. The van der Waals surface area contributed by atoms with Crippen molar-refractivity contribution in [2.75, 3.05) is 14.2 Å². The molecule has 0 fully saturated rings. The molecular formula is C12H17NO2. The van der Waals surface area contributed by atoms with Crippen LogP contribution in [0.15, 0.2) is 29.3 Å². The summed E-state index contributed by atoms with van der Waals surface area (Å²) in [6.07, 6.45) is 9.33. The third-order valence-corrected chi connectivity index (χ3v) is 3.21. The van der Waals surface area contributed by atoms with E-state index in [1.807, 2.05) is 6.92 Å². The quantitative estimate of drug-likeness (QED) is 0.650. The van der Waals surface area contributed by atoms with Crippen LogP contribution in [0.3, 0.4) is 0 Å². The minimum atomic E-state index is -0.777. The molecule has 2 unspecified atom stereocenters. The van der Waals surface area contributed by atoms with Gasteiger partial charge in [-0.05, 0) is 12.8 Å². The van der Waals surface area contributed by atoms with Gasteiger partial charge in [0, 0.05) is 32.3 Å². The van der Waals surface area contributed by atoms with Gasteiger partial charge in [0.2, 0.25) is 0 Å². The van der Waals surface area contributed by atoms with Gasteiger partial charge in [-0.2, -0.15) is 0 Å². The summed E-state index contributed by atoms with van der Waals surface area (Å²) in [5.74, 6) is 0.0710. The highest BCUT2D eigenvalue weighted by Crippen LogP contribution is 2.37. The number of allylic oxidation sites excluding steroid dienone is 4. The van der Waals surface area contributed by atoms with E-state index in [1.165, 1.54) is 0 Å². The van der Waals surface area contributed by atoms with Crippen molar-refractivity contribution in [2.24, 2.45) is 16.8 Å². The minimum absolute atomic E-state index is 0.411. The average Bonchev–Trinajstić information content (AvgIpc) is 2.29. The van der Waals surface area contributed by atoms with Crippen molar-refractivity contribution in [1.29, 1.82) is 0 Å². The fraction of sp³-hybridized carbons (Fsp3) is 0.583. The van der Waals surface area contributed by atoms with Gasteiger partial charge in [-0.25, -0.2) is 4.99 Å². The first-order valence-electron chi connectivity index (χ1n) is 5.22. The van der Waals surface area contributed by atoms with E-state index in [1.54, 1.807) is 14.2 Å². The fourth-order valence-electron chi connectivity index (χ4n) is 2.33. The number of rotatable bonds is 2. The molecule has 0 amide bonds. The summed E-state index contributed by atoms with van der Waals surface area (Å²) < 4.78 is 10.8. The molecule has 1 aliphatic heterocycles. The van der Waals surface area contributed by atoms with Crippen LogP contribution in [-0.2, 0) is 9.47 Å². The van der Waals surface area contributed by atoms with Crippen LogP contribution in [0.4, 0.5) is 0 Å². The Bertz CT molecular complexity index is 327. The third kappa shape index (κ3) is 1.77. The first-order chi connectivity index (χ1) is 7.21.